The predicted molar refractivity (Wildman–Crippen MR) is 63.8 cm³/mol. The lowest BCUT2D eigenvalue weighted by Gasteiger charge is -2.40. The Morgan fingerprint density at radius 2 is 1.71 bits per heavy atom. The molecule has 1 rings (SSSR count). The summed E-state index contributed by atoms with van der Waals surface area (Å²) in [6.45, 7) is -2.53. The summed E-state index contributed by atoms with van der Waals surface area (Å²) in [6, 6.07) is 0. The third-order valence-electron chi connectivity index (χ3n) is 3.14. The molecular weight excluding hydrogens is 292 g/mol. The lowest BCUT2D eigenvalue weighted by atomic mass is 9.99. The fraction of sp³-hybridized carbons (Fsp3) is 0.909. The summed E-state index contributed by atoms with van der Waals surface area (Å²) in [6.07, 6.45) is -11.4. The zero-order valence-electron chi connectivity index (χ0n) is 11.0. The molecule has 10 nitrogen and oxygen atoms in total. The fourth-order valence-corrected chi connectivity index (χ4v) is 1.89. The Kier molecular flexibility index (Phi) is 7.06. The maximum Gasteiger partial charge on any atom is 0.189 e. The first-order valence-electron chi connectivity index (χ1n) is 6.25. The summed E-state index contributed by atoms with van der Waals surface area (Å²) in [7, 11) is 0. The van der Waals surface area contributed by atoms with Crippen molar-refractivity contribution in [3.05, 3.63) is 0 Å². The molecule has 0 aromatic heterocycles. The van der Waals surface area contributed by atoms with Crippen molar-refractivity contribution in [2.24, 2.45) is 0 Å². The van der Waals surface area contributed by atoms with Gasteiger partial charge in [0.1, 0.15) is 43.2 Å². The van der Waals surface area contributed by atoms with Gasteiger partial charge in [0.05, 0.1) is 13.2 Å². The van der Waals surface area contributed by atoms with Gasteiger partial charge in [-0.1, -0.05) is 0 Å². The molecule has 10 heteroatoms. The first-order chi connectivity index (χ1) is 9.87. The minimum Gasteiger partial charge on any atom is -0.394 e. The minimum absolute atomic E-state index is 0.689. The number of hydrogen-bond acceptors (Lipinski definition) is 10. The second-order valence-electron chi connectivity index (χ2n) is 4.63. The third-order valence-corrected chi connectivity index (χ3v) is 3.14. The molecule has 0 bridgehead atoms. The van der Waals surface area contributed by atoms with Gasteiger partial charge >= 0.3 is 0 Å². The molecule has 7 atom stereocenters. The Morgan fingerprint density at radius 1 is 1.10 bits per heavy atom. The van der Waals surface area contributed by atoms with Gasteiger partial charge in [0.15, 0.2) is 12.1 Å². The lowest BCUT2D eigenvalue weighted by Crippen LogP contribution is -2.60. The van der Waals surface area contributed by atoms with E-state index in [2.05, 4.69) is 0 Å². The molecule has 1 aliphatic heterocycles. The van der Waals surface area contributed by atoms with Gasteiger partial charge in [0.2, 0.25) is 0 Å². The standard InChI is InChI=1S/C11H20O10/c12-1-4(15)10(5(16)2-13)21-11-9(19)8(18)7(17)6(3-14)20-11/h4,6-15,17-19H,1-3H2/t4-,6-,7+,8+,9-,10-,11+/m1/s1. The van der Waals surface area contributed by atoms with Crippen LogP contribution in [0, 0.1) is 0 Å². The van der Waals surface area contributed by atoms with Gasteiger partial charge in [-0.3, -0.25) is 4.79 Å². The molecule has 0 radical (unpaired) electrons. The van der Waals surface area contributed by atoms with Crippen LogP contribution in [-0.4, -0.2) is 104 Å². The van der Waals surface area contributed by atoms with E-state index in [1.807, 2.05) is 0 Å². The maximum atomic E-state index is 11.4. The molecule has 1 fully saturated rings. The smallest absolute Gasteiger partial charge is 0.189 e. The van der Waals surface area contributed by atoms with E-state index in [0.717, 1.165) is 0 Å². The number of aliphatic hydroxyl groups is 7. The van der Waals surface area contributed by atoms with E-state index >= 15 is 0 Å². The van der Waals surface area contributed by atoms with Crippen molar-refractivity contribution in [3.63, 3.8) is 0 Å². The minimum atomic E-state index is -1.76. The highest BCUT2D eigenvalue weighted by Crippen LogP contribution is 2.23. The van der Waals surface area contributed by atoms with E-state index in [1.54, 1.807) is 0 Å². The SMILES string of the molecule is O=C(CO)[C@H](O[C@@H]1O[C@H](CO)[C@H](O)[C@H](O)[C@H]1O)[C@H](O)CO. The number of aliphatic hydroxyl groups excluding tert-OH is 7. The van der Waals surface area contributed by atoms with Crippen LogP contribution in [0.2, 0.25) is 0 Å². The van der Waals surface area contributed by atoms with Gasteiger partial charge < -0.3 is 45.2 Å². The summed E-state index contributed by atoms with van der Waals surface area (Å²) >= 11 is 0. The number of rotatable bonds is 7. The van der Waals surface area contributed by atoms with Crippen LogP contribution in [-0.2, 0) is 14.3 Å². The van der Waals surface area contributed by atoms with E-state index in [0.29, 0.717) is 0 Å². The van der Waals surface area contributed by atoms with Gasteiger partial charge in [-0.15, -0.1) is 0 Å². The van der Waals surface area contributed by atoms with Gasteiger partial charge in [0.25, 0.3) is 0 Å². The highest BCUT2D eigenvalue weighted by atomic mass is 16.7. The number of carbonyl (C=O) groups excluding carboxylic acids is 1. The van der Waals surface area contributed by atoms with Crippen LogP contribution >= 0.6 is 0 Å². The number of carbonyl (C=O) groups is 1. The van der Waals surface area contributed by atoms with Crippen LogP contribution in [0.4, 0.5) is 0 Å². The zero-order chi connectivity index (χ0) is 16.2. The van der Waals surface area contributed by atoms with Crippen LogP contribution < -0.4 is 0 Å². The molecule has 0 saturated carbocycles. The number of ether oxygens (including phenoxy) is 2. The number of Topliss-reactive ketones (excluding diaryl/α,β-unsaturated/α-hetero) is 1. The Morgan fingerprint density at radius 3 is 2.19 bits per heavy atom. The van der Waals surface area contributed by atoms with Crippen LogP contribution in [0.5, 0.6) is 0 Å². The molecule has 1 saturated heterocycles. The largest absolute Gasteiger partial charge is 0.394 e. The summed E-state index contributed by atoms with van der Waals surface area (Å²) in [5.74, 6) is -0.978. The number of hydrogen-bond donors (Lipinski definition) is 7. The van der Waals surface area contributed by atoms with Gasteiger partial charge in [-0.05, 0) is 0 Å². The molecular formula is C11H20O10. The summed E-state index contributed by atoms with van der Waals surface area (Å²) in [5, 5.41) is 64.9. The Labute approximate surface area is 119 Å². The van der Waals surface area contributed by atoms with Crippen LogP contribution in [0.15, 0.2) is 0 Å². The normalized spacial score (nSPS) is 36.2. The average molecular weight is 312 g/mol. The van der Waals surface area contributed by atoms with E-state index in [1.165, 1.54) is 0 Å². The molecule has 124 valence electrons. The quantitative estimate of drug-likeness (QED) is 0.241. The van der Waals surface area contributed by atoms with E-state index in [9.17, 15) is 25.2 Å². The van der Waals surface area contributed by atoms with Crippen LogP contribution in [0.25, 0.3) is 0 Å². The summed E-state index contributed by atoms with van der Waals surface area (Å²) in [5.41, 5.74) is 0. The Bertz CT molecular complexity index is 335. The lowest BCUT2D eigenvalue weighted by molar-refractivity contribution is -0.314. The molecule has 0 aliphatic carbocycles. The van der Waals surface area contributed by atoms with Gasteiger partial charge in [-0.2, -0.15) is 0 Å². The van der Waals surface area contributed by atoms with Crippen molar-refractivity contribution in [2.45, 2.75) is 42.9 Å². The second-order valence-corrected chi connectivity index (χ2v) is 4.63. The van der Waals surface area contributed by atoms with Crippen molar-refractivity contribution >= 4 is 5.78 Å². The molecule has 7 N–H and O–H groups in total. The molecule has 0 spiro atoms. The van der Waals surface area contributed by atoms with Crippen molar-refractivity contribution < 1.29 is 50.0 Å². The Balaban J connectivity index is 2.84. The van der Waals surface area contributed by atoms with E-state index < -0.39 is 68.5 Å². The van der Waals surface area contributed by atoms with Gasteiger partial charge in [-0.25, -0.2) is 0 Å². The van der Waals surface area contributed by atoms with Crippen molar-refractivity contribution in [3.8, 4) is 0 Å². The topological polar surface area (TPSA) is 177 Å². The molecule has 21 heavy (non-hydrogen) atoms. The zero-order valence-corrected chi connectivity index (χ0v) is 11.0. The van der Waals surface area contributed by atoms with Crippen LogP contribution in [0.3, 0.4) is 0 Å². The molecule has 0 amide bonds. The molecule has 0 unspecified atom stereocenters. The molecule has 1 heterocycles. The second kappa shape index (κ2) is 8.08. The van der Waals surface area contributed by atoms with Crippen molar-refractivity contribution in [1.29, 1.82) is 0 Å². The first-order valence-corrected chi connectivity index (χ1v) is 6.25. The van der Waals surface area contributed by atoms with E-state index in [-0.39, 0.29) is 0 Å². The Hall–Kier alpha value is -0.690. The highest BCUT2D eigenvalue weighted by molar-refractivity contribution is 5.84. The predicted octanol–water partition coefficient (Wildman–Crippen LogP) is -4.91. The van der Waals surface area contributed by atoms with Crippen molar-refractivity contribution in [2.75, 3.05) is 19.8 Å². The number of ketones is 1. The fourth-order valence-electron chi connectivity index (χ4n) is 1.89. The molecule has 0 aromatic carbocycles. The first kappa shape index (κ1) is 18.4. The van der Waals surface area contributed by atoms with Crippen molar-refractivity contribution in [1.82, 2.24) is 0 Å². The van der Waals surface area contributed by atoms with Gasteiger partial charge in [0, 0.05) is 0 Å². The third kappa shape index (κ3) is 4.16. The monoisotopic (exact) mass is 312 g/mol. The molecule has 0 aromatic rings. The van der Waals surface area contributed by atoms with Crippen LogP contribution in [0.1, 0.15) is 0 Å². The van der Waals surface area contributed by atoms with E-state index in [4.69, 9.17) is 24.8 Å². The molecule has 1 aliphatic rings. The summed E-state index contributed by atoms with van der Waals surface area (Å²) in [4.78, 5) is 11.4. The summed E-state index contributed by atoms with van der Waals surface area (Å²) < 4.78 is 9.98. The average Bonchev–Trinajstić information content (AvgIpc) is 2.50. The highest BCUT2D eigenvalue weighted by Gasteiger charge is 2.46. The maximum absolute atomic E-state index is 11.4.